The summed E-state index contributed by atoms with van der Waals surface area (Å²) in [5.74, 6) is 0.294. The number of amides is 1. The van der Waals surface area contributed by atoms with Crippen molar-refractivity contribution in [3.8, 4) is 0 Å². The number of anilines is 1. The van der Waals surface area contributed by atoms with Gasteiger partial charge in [-0.3, -0.25) is 18.9 Å². The molecule has 0 atom stereocenters. The first-order valence-electron chi connectivity index (χ1n) is 7.57. The van der Waals surface area contributed by atoms with Crippen molar-refractivity contribution in [2.45, 2.75) is 13.8 Å². The van der Waals surface area contributed by atoms with E-state index in [9.17, 15) is 9.59 Å². The number of fused-ring (bicyclic) bond motifs is 1. The Morgan fingerprint density at radius 2 is 2.12 bits per heavy atom. The first-order valence-corrected chi connectivity index (χ1v) is 8.80. The Kier molecular flexibility index (Phi) is 4.68. The van der Waals surface area contributed by atoms with Crippen LogP contribution in [0.2, 0.25) is 0 Å². The van der Waals surface area contributed by atoms with Gasteiger partial charge < -0.3 is 5.32 Å². The lowest BCUT2D eigenvalue weighted by molar-refractivity contribution is -0.121. The molecule has 2 aromatic rings. The van der Waals surface area contributed by atoms with Gasteiger partial charge in [0.05, 0.1) is 10.5 Å². The Balaban J connectivity index is 2.18. The van der Waals surface area contributed by atoms with E-state index in [0.29, 0.717) is 39.3 Å². The smallest absolute Gasteiger partial charge is 0.267 e. The van der Waals surface area contributed by atoms with E-state index in [2.05, 4.69) is 10.3 Å². The van der Waals surface area contributed by atoms with Crippen molar-refractivity contribution in [3.05, 3.63) is 45.2 Å². The Morgan fingerprint density at radius 1 is 1.33 bits per heavy atom. The van der Waals surface area contributed by atoms with Gasteiger partial charge in [0.15, 0.2) is 0 Å². The maximum absolute atomic E-state index is 12.8. The fourth-order valence-electron chi connectivity index (χ4n) is 2.44. The Morgan fingerprint density at radius 3 is 2.79 bits per heavy atom. The second-order valence-corrected chi connectivity index (χ2v) is 6.74. The number of carbonyl (C=O) groups excluding carboxylic acids is 1. The van der Waals surface area contributed by atoms with E-state index in [0.717, 1.165) is 0 Å². The van der Waals surface area contributed by atoms with Crippen molar-refractivity contribution >= 4 is 51.7 Å². The summed E-state index contributed by atoms with van der Waals surface area (Å²) in [7, 11) is 0. The van der Waals surface area contributed by atoms with Gasteiger partial charge in [0.1, 0.15) is 15.8 Å². The zero-order chi connectivity index (χ0) is 17.3. The summed E-state index contributed by atoms with van der Waals surface area (Å²) in [5, 5.41) is 3.10. The molecular weight excluding hydrogens is 344 g/mol. The van der Waals surface area contributed by atoms with Crippen LogP contribution >= 0.6 is 24.0 Å². The molecule has 0 spiro atoms. The van der Waals surface area contributed by atoms with Gasteiger partial charge >= 0.3 is 0 Å². The predicted molar refractivity (Wildman–Crippen MR) is 101 cm³/mol. The lowest BCUT2D eigenvalue weighted by Gasteiger charge is -2.10. The molecule has 0 radical (unpaired) electrons. The van der Waals surface area contributed by atoms with Gasteiger partial charge in [-0.1, -0.05) is 30.0 Å². The Hall–Kier alpha value is -2.19. The van der Waals surface area contributed by atoms with Crippen LogP contribution in [-0.2, 0) is 4.79 Å². The molecule has 6 nitrogen and oxygen atoms in total. The average molecular weight is 360 g/mol. The van der Waals surface area contributed by atoms with Crippen LogP contribution in [0.15, 0.2) is 34.1 Å². The van der Waals surface area contributed by atoms with Crippen molar-refractivity contribution in [1.82, 2.24) is 14.3 Å². The molecule has 1 aliphatic heterocycles. The van der Waals surface area contributed by atoms with Crippen molar-refractivity contribution in [1.29, 1.82) is 0 Å². The van der Waals surface area contributed by atoms with E-state index >= 15 is 0 Å². The molecule has 2 aromatic heterocycles. The molecule has 0 saturated carbocycles. The zero-order valence-corrected chi connectivity index (χ0v) is 14.9. The number of nitrogens with one attached hydrogen (secondary N) is 1. The van der Waals surface area contributed by atoms with Crippen LogP contribution in [0.4, 0.5) is 5.82 Å². The number of aromatic nitrogens is 2. The number of nitrogens with zero attached hydrogens (tertiary/aromatic N) is 3. The Labute approximate surface area is 148 Å². The van der Waals surface area contributed by atoms with Gasteiger partial charge in [0.2, 0.25) is 0 Å². The summed E-state index contributed by atoms with van der Waals surface area (Å²) in [6.07, 6.45) is 3.25. The van der Waals surface area contributed by atoms with E-state index in [4.69, 9.17) is 12.2 Å². The SMILES string of the molecule is CCNc1nc2ccccn2c(=O)c1C=C1SC(=S)N(CC)C1=O. The van der Waals surface area contributed by atoms with Crippen LogP contribution < -0.4 is 10.9 Å². The summed E-state index contributed by atoms with van der Waals surface area (Å²) < 4.78 is 1.97. The number of likely N-dealkylation sites (N-methyl/N-ethyl adjacent to an activating group) is 1. The summed E-state index contributed by atoms with van der Waals surface area (Å²) in [6, 6.07) is 5.36. The third-order valence-electron chi connectivity index (χ3n) is 3.58. The molecule has 3 rings (SSSR count). The third kappa shape index (κ3) is 2.83. The summed E-state index contributed by atoms with van der Waals surface area (Å²) in [5.41, 5.74) is 0.687. The highest BCUT2D eigenvalue weighted by Gasteiger charge is 2.31. The second-order valence-electron chi connectivity index (χ2n) is 5.06. The fraction of sp³-hybridized carbons (Fsp3) is 0.250. The average Bonchev–Trinajstić information content (AvgIpc) is 2.84. The van der Waals surface area contributed by atoms with Gasteiger partial charge in [0.25, 0.3) is 11.5 Å². The lowest BCUT2D eigenvalue weighted by atomic mass is 10.2. The minimum Gasteiger partial charge on any atom is -0.370 e. The minimum absolute atomic E-state index is 0.174. The molecule has 0 bridgehead atoms. The van der Waals surface area contributed by atoms with E-state index < -0.39 is 0 Å². The standard InChI is InChI=1S/C16H16N4O2S2/c1-3-17-13-10(9-11-15(22)19(4-2)16(23)24-11)14(21)20-8-6-5-7-12(20)18-13/h5-9,17H,3-4H2,1-2H3. The maximum Gasteiger partial charge on any atom is 0.267 e. The normalized spacial score (nSPS) is 16.4. The van der Waals surface area contributed by atoms with Crippen molar-refractivity contribution < 1.29 is 4.79 Å². The van der Waals surface area contributed by atoms with Crippen LogP contribution in [0, 0.1) is 0 Å². The summed E-state index contributed by atoms with van der Waals surface area (Å²) >= 11 is 6.42. The third-order valence-corrected chi connectivity index (χ3v) is 4.96. The lowest BCUT2D eigenvalue weighted by Crippen LogP contribution is -2.27. The molecule has 1 N–H and O–H groups in total. The molecule has 1 amide bonds. The quantitative estimate of drug-likeness (QED) is 0.667. The molecule has 1 fully saturated rings. The van der Waals surface area contributed by atoms with Crippen molar-refractivity contribution in [3.63, 3.8) is 0 Å². The number of carbonyl (C=O) groups is 1. The van der Waals surface area contributed by atoms with E-state index in [-0.39, 0.29) is 11.5 Å². The predicted octanol–water partition coefficient (Wildman–Crippen LogP) is 2.35. The molecule has 8 heteroatoms. The number of pyridine rings is 1. The maximum atomic E-state index is 12.8. The number of hydrogen-bond donors (Lipinski definition) is 1. The zero-order valence-electron chi connectivity index (χ0n) is 13.3. The molecule has 1 aliphatic rings. The summed E-state index contributed by atoms with van der Waals surface area (Å²) in [4.78, 5) is 31.7. The van der Waals surface area contributed by atoms with Crippen LogP contribution in [0.3, 0.4) is 0 Å². The van der Waals surface area contributed by atoms with Crippen molar-refractivity contribution in [2.24, 2.45) is 0 Å². The minimum atomic E-state index is -0.224. The van der Waals surface area contributed by atoms with Crippen molar-refractivity contribution in [2.75, 3.05) is 18.4 Å². The van der Waals surface area contributed by atoms with Gasteiger partial charge in [-0.05, 0) is 32.1 Å². The van der Waals surface area contributed by atoms with Gasteiger partial charge in [-0.25, -0.2) is 4.98 Å². The largest absolute Gasteiger partial charge is 0.370 e. The number of thioether (sulfide) groups is 1. The van der Waals surface area contributed by atoms with Crippen LogP contribution in [-0.4, -0.2) is 37.6 Å². The van der Waals surface area contributed by atoms with E-state index in [1.807, 2.05) is 19.9 Å². The Bertz CT molecular complexity index is 920. The van der Waals surface area contributed by atoms with Crippen LogP contribution in [0.1, 0.15) is 19.4 Å². The topological polar surface area (TPSA) is 66.7 Å². The first kappa shape index (κ1) is 16.7. The van der Waals surface area contributed by atoms with Gasteiger partial charge in [-0.15, -0.1) is 0 Å². The van der Waals surface area contributed by atoms with E-state index in [1.165, 1.54) is 21.1 Å². The molecule has 124 valence electrons. The van der Waals surface area contributed by atoms with Crippen LogP contribution in [0.25, 0.3) is 11.7 Å². The number of hydrogen-bond acceptors (Lipinski definition) is 6. The molecule has 0 aromatic carbocycles. The first-order chi connectivity index (χ1) is 11.6. The molecule has 0 aliphatic carbocycles. The molecule has 0 unspecified atom stereocenters. The second kappa shape index (κ2) is 6.74. The highest BCUT2D eigenvalue weighted by Crippen LogP contribution is 2.32. The van der Waals surface area contributed by atoms with Gasteiger partial charge in [0, 0.05) is 19.3 Å². The fourth-order valence-corrected chi connectivity index (χ4v) is 3.80. The number of rotatable bonds is 4. The van der Waals surface area contributed by atoms with E-state index in [1.54, 1.807) is 24.4 Å². The number of thiocarbonyl (C=S) groups is 1. The van der Waals surface area contributed by atoms with Gasteiger partial charge in [-0.2, -0.15) is 0 Å². The molecule has 1 saturated heterocycles. The summed E-state index contributed by atoms with van der Waals surface area (Å²) in [6.45, 7) is 4.92. The highest BCUT2D eigenvalue weighted by atomic mass is 32.2. The highest BCUT2D eigenvalue weighted by molar-refractivity contribution is 8.26. The monoisotopic (exact) mass is 360 g/mol. The molecular formula is C16H16N4O2S2. The molecule has 24 heavy (non-hydrogen) atoms. The van der Waals surface area contributed by atoms with Crippen LogP contribution in [0.5, 0.6) is 0 Å². The molecule has 3 heterocycles.